The average Bonchev–Trinajstić information content (AvgIpc) is 2.45. The van der Waals surface area contributed by atoms with Gasteiger partial charge in [-0.25, -0.2) is 0 Å². The zero-order chi connectivity index (χ0) is 16.5. The summed E-state index contributed by atoms with van der Waals surface area (Å²) >= 11 is 0. The van der Waals surface area contributed by atoms with E-state index in [0.717, 1.165) is 24.3 Å². The van der Waals surface area contributed by atoms with Crippen molar-refractivity contribution >= 4 is 20.2 Å². The number of hydrogen-bond acceptors (Lipinski definition) is 5. The Hall–Kier alpha value is -1.78. The maximum atomic E-state index is 11.1. The molecule has 0 unspecified atom stereocenters. The summed E-state index contributed by atoms with van der Waals surface area (Å²) in [5.41, 5.74) is 0.283. The monoisotopic (exact) mass is 344 g/mol. The first-order chi connectivity index (χ1) is 10.1. The molecule has 0 aromatic heterocycles. The lowest BCUT2D eigenvalue weighted by molar-refractivity contribution is 0.219. The van der Waals surface area contributed by atoms with E-state index >= 15 is 0 Å². The van der Waals surface area contributed by atoms with Crippen molar-refractivity contribution in [2.75, 3.05) is 0 Å². The molecular weight excluding hydrogens is 332 g/mol. The van der Waals surface area contributed by atoms with E-state index in [1.165, 1.54) is 24.3 Å². The van der Waals surface area contributed by atoms with Gasteiger partial charge in [0.2, 0.25) is 0 Å². The number of rotatable bonds is 4. The maximum Gasteiger partial charge on any atom is 0.294 e. The van der Waals surface area contributed by atoms with E-state index in [0.29, 0.717) is 0 Å². The van der Waals surface area contributed by atoms with E-state index in [1.807, 2.05) is 0 Å². The van der Waals surface area contributed by atoms with Crippen LogP contribution < -0.4 is 0 Å². The number of aliphatic hydroxyl groups excluding tert-OH is 1. The highest BCUT2D eigenvalue weighted by Crippen LogP contribution is 2.25. The van der Waals surface area contributed by atoms with Gasteiger partial charge in [-0.3, -0.25) is 9.11 Å². The lowest BCUT2D eigenvalue weighted by atomic mass is 10.0. The van der Waals surface area contributed by atoms with Crippen molar-refractivity contribution in [3.05, 3.63) is 59.7 Å². The van der Waals surface area contributed by atoms with E-state index in [9.17, 15) is 21.9 Å². The molecule has 118 valence electrons. The highest BCUT2D eigenvalue weighted by molar-refractivity contribution is 7.86. The minimum atomic E-state index is -4.42. The standard InChI is InChI=1S/C13H12O7S2/c14-13(9-3-1-5-11(7-9)21(15,16)17)10-4-2-6-12(8-10)22(18,19)20/h1-8,13-14H,(H,15,16,17)(H,18,19,20). The minimum Gasteiger partial charge on any atom is -0.384 e. The quantitative estimate of drug-likeness (QED) is 0.712. The molecule has 0 saturated carbocycles. The Bertz CT molecular complexity index is 826. The Morgan fingerprint density at radius 2 is 1.09 bits per heavy atom. The van der Waals surface area contributed by atoms with Crippen LogP contribution in [0.25, 0.3) is 0 Å². The SMILES string of the molecule is O=S(=O)(O)c1cccc(C(O)c2cccc(S(=O)(=O)O)c2)c1. The van der Waals surface area contributed by atoms with Crippen LogP contribution in [0.5, 0.6) is 0 Å². The fourth-order valence-corrected chi connectivity index (χ4v) is 2.95. The predicted molar refractivity (Wildman–Crippen MR) is 76.6 cm³/mol. The van der Waals surface area contributed by atoms with Gasteiger partial charge < -0.3 is 5.11 Å². The molecule has 0 bridgehead atoms. The molecule has 3 N–H and O–H groups in total. The Labute approximate surface area is 127 Å². The first kappa shape index (κ1) is 16.6. The average molecular weight is 344 g/mol. The maximum absolute atomic E-state index is 11.1. The van der Waals surface area contributed by atoms with Gasteiger partial charge in [-0.05, 0) is 35.4 Å². The van der Waals surface area contributed by atoms with Crippen LogP contribution >= 0.6 is 0 Å². The van der Waals surface area contributed by atoms with Crippen molar-refractivity contribution in [3.63, 3.8) is 0 Å². The zero-order valence-corrected chi connectivity index (χ0v) is 12.6. The molecule has 0 amide bonds. The Balaban J connectivity index is 2.47. The summed E-state index contributed by atoms with van der Waals surface area (Å²) in [5, 5.41) is 10.2. The van der Waals surface area contributed by atoms with Crippen molar-refractivity contribution in [1.29, 1.82) is 0 Å². The van der Waals surface area contributed by atoms with Crippen molar-refractivity contribution in [1.82, 2.24) is 0 Å². The van der Waals surface area contributed by atoms with Crippen LogP contribution in [0.4, 0.5) is 0 Å². The van der Waals surface area contributed by atoms with Crippen LogP contribution in [0.15, 0.2) is 58.3 Å². The summed E-state index contributed by atoms with van der Waals surface area (Å²) < 4.78 is 62.4. The largest absolute Gasteiger partial charge is 0.384 e. The van der Waals surface area contributed by atoms with Gasteiger partial charge in [-0.1, -0.05) is 24.3 Å². The van der Waals surface area contributed by atoms with E-state index in [-0.39, 0.29) is 11.1 Å². The van der Waals surface area contributed by atoms with Crippen LogP contribution in [-0.4, -0.2) is 31.0 Å². The molecule has 0 aliphatic rings. The number of benzene rings is 2. The second-order valence-corrected chi connectivity index (χ2v) is 7.34. The van der Waals surface area contributed by atoms with Crippen LogP contribution in [0.2, 0.25) is 0 Å². The predicted octanol–water partition coefficient (Wildman–Crippen LogP) is 1.26. The van der Waals surface area contributed by atoms with Crippen molar-refractivity contribution < 1.29 is 31.0 Å². The molecule has 0 aliphatic heterocycles. The molecule has 2 aromatic carbocycles. The van der Waals surface area contributed by atoms with Gasteiger partial charge in [-0.2, -0.15) is 16.8 Å². The number of aliphatic hydroxyl groups is 1. The Morgan fingerprint density at radius 3 is 1.41 bits per heavy atom. The Morgan fingerprint density at radius 1 is 0.727 bits per heavy atom. The molecule has 0 saturated heterocycles. The van der Waals surface area contributed by atoms with Crippen molar-refractivity contribution in [3.8, 4) is 0 Å². The molecule has 7 nitrogen and oxygen atoms in total. The molecule has 0 fully saturated rings. The van der Waals surface area contributed by atoms with E-state index in [4.69, 9.17) is 9.11 Å². The molecule has 9 heteroatoms. The van der Waals surface area contributed by atoms with Crippen LogP contribution in [0, 0.1) is 0 Å². The summed E-state index contributed by atoms with van der Waals surface area (Å²) in [7, 11) is -8.84. The molecule has 0 radical (unpaired) electrons. The molecule has 0 spiro atoms. The molecule has 22 heavy (non-hydrogen) atoms. The fourth-order valence-electron chi connectivity index (χ4n) is 1.88. The lowest BCUT2D eigenvalue weighted by Crippen LogP contribution is -2.05. The van der Waals surface area contributed by atoms with E-state index in [2.05, 4.69) is 0 Å². The third-order valence-electron chi connectivity index (χ3n) is 2.94. The molecule has 2 aromatic rings. The molecule has 0 aliphatic carbocycles. The Kier molecular flexibility index (Phi) is 4.36. The first-order valence-electron chi connectivity index (χ1n) is 5.92. The molecule has 0 heterocycles. The first-order valence-corrected chi connectivity index (χ1v) is 8.80. The van der Waals surface area contributed by atoms with Gasteiger partial charge in [0.1, 0.15) is 6.10 Å². The topological polar surface area (TPSA) is 129 Å². The third-order valence-corrected chi connectivity index (χ3v) is 4.64. The van der Waals surface area contributed by atoms with Gasteiger partial charge in [-0.15, -0.1) is 0 Å². The van der Waals surface area contributed by atoms with E-state index in [1.54, 1.807) is 0 Å². The smallest absolute Gasteiger partial charge is 0.294 e. The van der Waals surface area contributed by atoms with Gasteiger partial charge in [0, 0.05) is 0 Å². The van der Waals surface area contributed by atoms with Gasteiger partial charge in [0.05, 0.1) is 9.79 Å². The highest BCUT2D eigenvalue weighted by atomic mass is 32.2. The summed E-state index contributed by atoms with van der Waals surface area (Å²) in [6, 6.07) is 9.93. The third kappa shape index (κ3) is 3.70. The molecule has 2 rings (SSSR count). The van der Waals surface area contributed by atoms with Crippen LogP contribution in [0.1, 0.15) is 17.2 Å². The molecular formula is C13H12O7S2. The summed E-state index contributed by atoms with van der Waals surface area (Å²) in [4.78, 5) is -0.787. The number of hydrogen-bond donors (Lipinski definition) is 3. The van der Waals surface area contributed by atoms with Crippen molar-refractivity contribution in [2.24, 2.45) is 0 Å². The minimum absolute atomic E-state index is 0.141. The lowest BCUT2D eigenvalue weighted by Gasteiger charge is -2.13. The summed E-state index contributed by atoms with van der Waals surface area (Å²) in [5.74, 6) is 0. The van der Waals surface area contributed by atoms with Crippen LogP contribution in [0.3, 0.4) is 0 Å². The second-order valence-electron chi connectivity index (χ2n) is 4.50. The van der Waals surface area contributed by atoms with Gasteiger partial charge in [0.25, 0.3) is 20.2 Å². The fraction of sp³-hybridized carbons (Fsp3) is 0.0769. The summed E-state index contributed by atoms with van der Waals surface area (Å²) in [6.07, 6.45) is -1.33. The molecule has 0 atom stereocenters. The van der Waals surface area contributed by atoms with Crippen molar-refractivity contribution in [2.45, 2.75) is 15.9 Å². The highest BCUT2D eigenvalue weighted by Gasteiger charge is 2.17. The van der Waals surface area contributed by atoms with E-state index < -0.39 is 36.1 Å². The van der Waals surface area contributed by atoms with Crippen LogP contribution in [-0.2, 0) is 20.2 Å². The van der Waals surface area contributed by atoms with Gasteiger partial charge in [0.15, 0.2) is 0 Å². The second kappa shape index (κ2) is 5.78. The normalized spacial score (nSPS) is 12.5. The van der Waals surface area contributed by atoms with Gasteiger partial charge >= 0.3 is 0 Å². The zero-order valence-electron chi connectivity index (χ0n) is 11.0. The summed E-state index contributed by atoms with van der Waals surface area (Å²) in [6.45, 7) is 0.